The summed E-state index contributed by atoms with van der Waals surface area (Å²) in [5.74, 6) is 1.64. The molecule has 2 atom stereocenters. The number of fused-ring (bicyclic) bond motifs is 1. The first-order valence-electron chi connectivity index (χ1n) is 7.01. The molecule has 0 saturated carbocycles. The molecule has 0 amide bonds. The van der Waals surface area contributed by atoms with Gasteiger partial charge in [0.15, 0.2) is 0 Å². The van der Waals surface area contributed by atoms with Crippen molar-refractivity contribution in [2.24, 2.45) is 13.0 Å². The fourth-order valence-corrected chi connectivity index (χ4v) is 3.01. The van der Waals surface area contributed by atoms with Gasteiger partial charge in [0.1, 0.15) is 0 Å². The van der Waals surface area contributed by atoms with E-state index in [9.17, 15) is 0 Å². The first-order valence-corrected chi connectivity index (χ1v) is 7.01. The van der Waals surface area contributed by atoms with Crippen LogP contribution in [-0.4, -0.2) is 40.6 Å². The number of rotatable bonds is 2. The van der Waals surface area contributed by atoms with E-state index in [2.05, 4.69) is 54.0 Å². The van der Waals surface area contributed by atoms with Gasteiger partial charge in [-0.15, -0.1) is 0 Å². The van der Waals surface area contributed by atoms with Crippen LogP contribution in [0.25, 0.3) is 11.0 Å². The highest BCUT2D eigenvalue weighted by atomic mass is 15.2. The Kier molecular flexibility index (Phi) is 3.19. The number of anilines is 1. The molecule has 4 nitrogen and oxygen atoms in total. The van der Waals surface area contributed by atoms with Crippen LogP contribution in [0.3, 0.4) is 0 Å². The minimum Gasteiger partial charge on any atom is -0.353 e. The van der Waals surface area contributed by atoms with Crippen LogP contribution in [0, 0.1) is 5.92 Å². The van der Waals surface area contributed by atoms with Crippen molar-refractivity contribution < 1.29 is 0 Å². The molecule has 3 rings (SSSR count). The highest BCUT2D eigenvalue weighted by Gasteiger charge is 2.25. The van der Waals surface area contributed by atoms with E-state index < -0.39 is 0 Å². The normalized spacial score (nSPS) is 24.8. The van der Waals surface area contributed by atoms with E-state index in [0.29, 0.717) is 12.0 Å². The lowest BCUT2D eigenvalue weighted by molar-refractivity contribution is 0.205. The van der Waals surface area contributed by atoms with Crippen LogP contribution in [0.1, 0.15) is 13.3 Å². The van der Waals surface area contributed by atoms with Crippen molar-refractivity contribution in [3.05, 3.63) is 24.3 Å². The summed E-state index contributed by atoms with van der Waals surface area (Å²) in [5, 5.41) is 3.63. The lowest BCUT2D eigenvalue weighted by atomic mass is 9.94. The summed E-state index contributed by atoms with van der Waals surface area (Å²) in [4.78, 5) is 7.10. The Morgan fingerprint density at radius 1 is 1.26 bits per heavy atom. The number of piperidine rings is 1. The van der Waals surface area contributed by atoms with Gasteiger partial charge in [-0.25, -0.2) is 4.98 Å². The highest BCUT2D eigenvalue weighted by Crippen LogP contribution is 2.22. The first kappa shape index (κ1) is 12.5. The molecule has 1 N–H and O–H groups in total. The van der Waals surface area contributed by atoms with Gasteiger partial charge in [-0.2, -0.15) is 0 Å². The minimum absolute atomic E-state index is 0.520. The summed E-state index contributed by atoms with van der Waals surface area (Å²) in [5.41, 5.74) is 2.25. The second-order valence-corrected chi connectivity index (χ2v) is 5.76. The highest BCUT2D eigenvalue weighted by molar-refractivity contribution is 5.78. The summed E-state index contributed by atoms with van der Waals surface area (Å²) in [6, 6.07) is 8.81. The molecule has 2 heterocycles. The topological polar surface area (TPSA) is 33.1 Å². The van der Waals surface area contributed by atoms with E-state index in [1.54, 1.807) is 0 Å². The van der Waals surface area contributed by atoms with Crippen molar-refractivity contribution >= 4 is 17.0 Å². The van der Waals surface area contributed by atoms with Gasteiger partial charge in [0.2, 0.25) is 5.95 Å². The predicted molar refractivity (Wildman–Crippen MR) is 79.4 cm³/mol. The number of para-hydroxylation sites is 2. The molecule has 1 aliphatic rings. The zero-order valence-corrected chi connectivity index (χ0v) is 11.9. The molecule has 1 fully saturated rings. The maximum Gasteiger partial charge on any atom is 0.203 e. The van der Waals surface area contributed by atoms with Crippen LogP contribution in [0.15, 0.2) is 24.3 Å². The maximum absolute atomic E-state index is 4.70. The van der Waals surface area contributed by atoms with E-state index in [1.807, 2.05) is 6.07 Å². The Bertz CT molecular complexity index is 575. The lowest BCUT2D eigenvalue weighted by Crippen LogP contribution is -2.43. The Morgan fingerprint density at radius 3 is 2.79 bits per heavy atom. The number of hydrogen-bond acceptors (Lipinski definition) is 3. The van der Waals surface area contributed by atoms with Gasteiger partial charge in [0.05, 0.1) is 11.0 Å². The minimum atomic E-state index is 0.520. The average Bonchev–Trinajstić information content (AvgIpc) is 2.70. The molecular weight excluding hydrogens is 236 g/mol. The number of nitrogens with one attached hydrogen (secondary N) is 1. The van der Waals surface area contributed by atoms with Crippen molar-refractivity contribution in [1.82, 2.24) is 14.5 Å². The third-order valence-electron chi connectivity index (χ3n) is 4.21. The standard InChI is InChI=1S/C15H22N4/c1-11-10-18(2)9-8-12(11)16-15-17-13-6-4-5-7-14(13)19(15)3/h4-7,11-12H,8-10H2,1-3H3,(H,16,17). The number of aryl methyl sites for hydroxylation is 1. The van der Waals surface area contributed by atoms with E-state index >= 15 is 0 Å². The van der Waals surface area contributed by atoms with Crippen molar-refractivity contribution in [1.29, 1.82) is 0 Å². The molecule has 0 spiro atoms. The lowest BCUT2D eigenvalue weighted by Gasteiger charge is -2.35. The molecule has 1 aromatic heterocycles. The van der Waals surface area contributed by atoms with Gasteiger partial charge in [-0.1, -0.05) is 19.1 Å². The molecule has 4 heteroatoms. The van der Waals surface area contributed by atoms with Crippen molar-refractivity contribution in [3.63, 3.8) is 0 Å². The second-order valence-electron chi connectivity index (χ2n) is 5.76. The van der Waals surface area contributed by atoms with Crippen LogP contribution < -0.4 is 5.32 Å². The Balaban J connectivity index is 1.83. The zero-order valence-electron chi connectivity index (χ0n) is 11.9. The molecule has 1 aromatic carbocycles. The number of imidazole rings is 1. The Morgan fingerprint density at radius 2 is 2.05 bits per heavy atom. The van der Waals surface area contributed by atoms with Crippen molar-refractivity contribution in [2.45, 2.75) is 19.4 Å². The fourth-order valence-electron chi connectivity index (χ4n) is 3.01. The SMILES string of the molecule is CC1CN(C)CCC1Nc1nc2ccccc2n1C. The quantitative estimate of drug-likeness (QED) is 0.897. The maximum atomic E-state index is 4.70. The third kappa shape index (κ3) is 2.32. The molecule has 2 aromatic rings. The van der Waals surface area contributed by atoms with Gasteiger partial charge in [0.25, 0.3) is 0 Å². The van der Waals surface area contributed by atoms with Crippen molar-refractivity contribution in [3.8, 4) is 0 Å². The van der Waals surface area contributed by atoms with Crippen LogP contribution in [0.5, 0.6) is 0 Å². The van der Waals surface area contributed by atoms with Crippen LogP contribution in [0.2, 0.25) is 0 Å². The van der Waals surface area contributed by atoms with E-state index in [4.69, 9.17) is 4.98 Å². The largest absolute Gasteiger partial charge is 0.353 e. The smallest absolute Gasteiger partial charge is 0.203 e. The molecule has 1 saturated heterocycles. The van der Waals surface area contributed by atoms with E-state index in [0.717, 1.165) is 24.6 Å². The first-order chi connectivity index (χ1) is 9.15. The predicted octanol–water partition coefficient (Wildman–Crippen LogP) is 2.33. The van der Waals surface area contributed by atoms with Crippen molar-refractivity contribution in [2.75, 3.05) is 25.5 Å². The molecule has 0 radical (unpaired) electrons. The van der Waals surface area contributed by atoms with Crippen LogP contribution in [-0.2, 0) is 7.05 Å². The van der Waals surface area contributed by atoms with Gasteiger partial charge in [-0.05, 0) is 38.1 Å². The number of aromatic nitrogens is 2. The fraction of sp³-hybridized carbons (Fsp3) is 0.533. The molecular formula is C15H22N4. The Hall–Kier alpha value is -1.55. The molecule has 1 aliphatic heterocycles. The zero-order chi connectivity index (χ0) is 13.4. The molecule has 0 bridgehead atoms. The summed E-state index contributed by atoms with van der Waals surface area (Å²) in [7, 11) is 4.28. The van der Waals surface area contributed by atoms with E-state index in [1.165, 1.54) is 11.9 Å². The molecule has 19 heavy (non-hydrogen) atoms. The Labute approximate surface area is 114 Å². The van der Waals surface area contributed by atoms with Gasteiger partial charge in [-0.3, -0.25) is 0 Å². The monoisotopic (exact) mass is 258 g/mol. The van der Waals surface area contributed by atoms with Gasteiger partial charge in [0, 0.05) is 19.6 Å². The second kappa shape index (κ2) is 4.85. The van der Waals surface area contributed by atoms with Gasteiger partial charge >= 0.3 is 0 Å². The number of nitrogens with zero attached hydrogens (tertiary/aromatic N) is 3. The van der Waals surface area contributed by atoms with Crippen LogP contribution >= 0.6 is 0 Å². The van der Waals surface area contributed by atoms with Gasteiger partial charge < -0.3 is 14.8 Å². The van der Waals surface area contributed by atoms with Crippen LogP contribution in [0.4, 0.5) is 5.95 Å². The number of hydrogen-bond donors (Lipinski definition) is 1. The number of likely N-dealkylation sites (tertiary alicyclic amines) is 1. The number of benzene rings is 1. The van der Waals surface area contributed by atoms with E-state index in [-0.39, 0.29) is 0 Å². The summed E-state index contributed by atoms with van der Waals surface area (Å²) in [6.45, 7) is 4.63. The third-order valence-corrected chi connectivity index (χ3v) is 4.21. The molecule has 102 valence electrons. The summed E-state index contributed by atoms with van der Waals surface area (Å²) < 4.78 is 2.15. The summed E-state index contributed by atoms with van der Waals surface area (Å²) in [6.07, 6.45) is 1.18. The average molecular weight is 258 g/mol. The molecule has 2 unspecified atom stereocenters. The molecule has 0 aliphatic carbocycles. The summed E-state index contributed by atoms with van der Waals surface area (Å²) >= 11 is 0.